The molecule has 3 rings (SSSR count). The number of pyridine rings is 1. The van der Waals surface area contributed by atoms with Gasteiger partial charge in [-0.2, -0.15) is 5.26 Å². The van der Waals surface area contributed by atoms with Crippen molar-refractivity contribution in [2.45, 2.75) is 12.8 Å². The van der Waals surface area contributed by atoms with Crippen LogP contribution in [0.3, 0.4) is 0 Å². The predicted molar refractivity (Wildman–Crippen MR) is 98.6 cm³/mol. The maximum atomic E-state index is 9.00. The van der Waals surface area contributed by atoms with Crippen molar-refractivity contribution in [3.8, 4) is 6.07 Å². The summed E-state index contributed by atoms with van der Waals surface area (Å²) < 4.78 is 5.18. The van der Waals surface area contributed by atoms with Crippen LogP contribution in [-0.4, -0.2) is 80.9 Å². The molecule has 0 unspecified atom stereocenters. The number of piperazine rings is 1. The smallest absolute Gasteiger partial charge is 0.142 e. The highest BCUT2D eigenvalue weighted by molar-refractivity contribution is 5.42. The summed E-state index contributed by atoms with van der Waals surface area (Å²) in [6.45, 7) is 9.70. The summed E-state index contributed by atoms with van der Waals surface area (Å²) in [5.41, 5.74) is 0.500. The number of anilines is 1. The molecule has 0 saturated carbocycles. The maximum absolute atomic E-state index is 9.00. The van der Waals surface area contributed by atoms with Crippen molar-refractivity contribution < 1.29 is 4.74 Å². The number of rotatable bonds is 6. The van der Waals surface area contributed by atoms with Crippen LogP contribution in [0.5, 0.6) is 0 Å². The van der Waals surface area contributed by atoms with Crippen molar-refractivity contribution in [1.29, 1.82) is 5.26 Å². The van der Waals surface area contributed by atoms with Crippen molar-refractivity contribution in [1.82, 2.24) is 14.8 Å². The molecule has 0 atom stereocenters. The quantitative estimate of drug-likeness (QED) is 0.779. The second-order valence-electron chi connectivity index (χ2n) is 7.06. The summed E-state index contributed by atoms with van der Waals surface area (Å²) in [5.74, 6) is 1.76. The first kappa shape index (κ1) is 18.1. The fraction of sp³-hybridized carbons (Fsp3) is 0.684. The molecule has 0 radical (unpaired) electrons. The normalized spacial score (nSPS) is 20.6. The lowest BCUT2D eigenvalue weighted by Crippen LogP contribution is -2.49. The van der Waals surface area contributed by atoms with Crippen LogP contribution in [0.2, 0.25) is 0 Å². The Balaban J connectivity index is 1.40. The van der Waals surface area contributed by atoms with Crippen LogP contribution in [-0.2, 0) is 4.74 Å². The van der Waals surface area contributed by atoms with E-state index >= 15 is 0 Å². The summed E-state index contributed by atoms with van der Waals surface area (Å²) in [7, 11) is 1.78. The minimum absolute atomic E-state index is 0.500. The summed E-state index contributed by atoms with van der Waals surface area (Å²) in [4.78, 5) is 11.8. The van der Waals surface area contributed by atoms with Crippen molar-refractivity contribution in [3.05, 3.63) is 23.9 Å². The molecule has 0 amide bonds. The second kappa shape index (κ2) is 9.14. The first-order valence-corrected chi connectivity index (χ1v) is 9.34. The van der Waals surface area contributed by atoms with Gasteiger partial charge in [-0.15, -0.1) is 0 Å². The summed E-state index contributed by atoms with van der Waals surface area (Å²) in [6, 6.07) is 7.82. The van der Waals surface area contributed by atoms with Crippen molar-refractivity contribution in [2.24, 2.45) is 5.92 Å². The van der Waals surface area contributed by atoms with E-state index in [1.807, 2.05) is 12.1 Å². The minimum Gasteiger partial charge on any atom is -0.383 e. The Kier molecular flexibility index (Phi) is 6.62. The van der Waals surface area contributed by atoms with Gasteiger partial charge in [0.1, 0.15) is 17.6 Å². The molecule has 6 heteroatoms. The van der Waals surface area contributed by atoms with Gasteiger partial charge < -0.3 is 14.5 Å². The SMILES string of the molecule is COCCN1CCC(CN2CCN(c3cccc(C#N)n3)CC2)CC1. The lowest BCUT2D eigenvalue weighted by atomic mass is 9.96. The zero-order chi connectivity index (χ0) is 17.5. The average molecular weight is 343 g/mol. The van der Waals surface area contributed by atoms with Crippen LogP contribution >= 0.6 is 0 Å². The maximum Gasteiger partial charge on any atom is 0.142 e. The molecule has 2 aliphatic rings. The first-order chi connectivity index (χ1) is 12.3. The Bertz CT molecular complexity index is 571. The van der Waals surface area contributed by atoms with E-state index < -0.39 is 0 Å². The Hall–Kier alpha value is -1.68. The highest BCUT2D eigenvalue weighted by Crippen LogP contribution is 2.20. The van der Waals surface area contributed by atoms with Crippen molar-refractivity contribution in [3.63, 3.8) is 0 Å². The van der Waals surface area contributed by atoms with Gasteiger partial charge in [0.05, 0.1) is 6.61 Å². The molecule has 0 bridgehead atoms. The average Bonchev–Trinajstić information content (AvgIpc) is 2.68. The number of methoxy groups -OCH3 is 1. The fourth-order valence-corrected chi connectivity index (χ4v) is 3.80. The molecule has 0 aromatic carbocycles. The Morgan fingerprint density at radius 3 is 2.56 bits per heavy atom. The molecule has 136 valence electrons. The Morgan fingerprint density at radius 2 is 1.88 bits per heavy atom. The number of likely N-dealkylation sites (tertiary alicyclic amines) is 1. The summed E-state index contributed by atoms with van der Waals surface area (Å²) in [6.07, 6.45) is 2.60. The number of hydrogen-bond acceptors (Lipinski definition) is 6. The number of ether oxygens (including phenoxy) is 1. The van der Waals surface area contributed by atoms with E-state index in [-0.39, 0.29) is 0 Å². The molecular formula is C19H29N5O. The molecule has 1 aromatic heterocycles. The van der Waals surface area contributed by atoms with Gasteiger partial charge in [0.25, 0.3) is 0 Å². The Labute approximate surface area is 151 Å². The van der Waals surface area contributed by atoms with E-state index in [1.54, 1.807) is 13.2 Å². The molecule has 2 aliphatic heterocycles. The van der Waals surface area contributed by atoms with E-state index in [1.165, 1.54) is 32.5 Å². The van der Waals surface area contributed by atoms with Gasteiger partial charge in [-0.3, -0.25) is 4.90 Å². The molecule has 25 heavy (non-hydrogen) atoms. The van der Waals surface area contributed by atoms with Crippen LogP contribution < -0.4 is 4.90 Å². The van der Waals surface area contributed by atoms with E-state index in [4.69, 9.17) is 10.00 Å². The number of piperidine rings is 1. The molecule has 0 N–H and O–H groups in total. The van der Waals surface area contributed by atoms with E-state index in [2.05, 4.69) is 25.8 Å². The molecule has 0 aliphatic carbocycles. The lowest BCUT2D eigenvalue weighted by Gasteiger charge is -2.39. The van der Waals surface area contributed by atoms with Crippen LogP contribution in [0.1, 0.15) is 18.5 Å². The van der Waals surface area contributed by atoms with Gasteiger partial charge in [-0.05, 0) is 44.0 Å². The largest absolute Gasteiger partial charge is 0.383 e. The molecule has 0 spiro atoms. The van der Waals surface area contributed by atoms with Crippen molar-refractivity contribution >= 4 is 5.82 Å². The number of aromatic nitrogens is 1. The van der Waals surface area contributed by atoms with Gasteiger partial charge in [-0.1, -0.05) is 6.07 Å². The van der Waals surface area contributed by atoms with Crippen LogP contribution in [0.4, 0.5) is 5.82 Å². The van der Waals surface area contributed by atoms with Crippen LogP contribution in [0, 0.1) is 17.2 Å². The first-order valence-electron chi connectivity index (χ1n) is 9.34. The van der Waals surface area contributed by atoms with Gasteiger partial charge in [0.15, 0.2) is 0 Å². The third-order valence-corrected chi connectivity index (χ3v) is 5.38. The van der Waals surface area contributed by atoms with E-state index in [0.717, 1.165) is 51.1 Å². The highest BCUT2D eigenvalue weighted by atomic mass is 16.5. The lowest BCUT2D eigenvalue weighted by molar-refractivity contribution is 0.105. The monoisotopic (exact) mass is 343 g/mol. The Morgan fingerprint density at radius 1 is 1.12 bits per heavy atom. The standard InChI is InChI=1S/C19H29N5O/c1-25-14-13-22-7-5-17(6-8-22)16-23-9-11-24(12-10-23)19-4-2-3-18(15-20)21-19/h2-4,17H,5-14,16H2,1H3. The zero-order valence-corrected chi connectivity index (χ0v) is 15.2. The number of nitriles is 1. The molecule has 3 heterocycles. The van der Waals surface area contributed by atoms with Crippen LogP contribution in [0.15, 0.2) is 18.2 Å². The fourth-order valence-electron chi connectivity index (χ4n) is 3.80. The predicted octanol–water partition coefficient (Wildman–Crippen LogP) is 1.43. The van der Waals surface area contributed by atoms with Gasteiger partial charge in [0.2, 0.25) is 0 Å². The third-order valence-electron chi connectivity index (χ3n) is 5.38. The second-order valence-corrected chi connectivity index (χ2v) is 7.06. The summed E-state index contributed by atoms with van der Waals surface area (Å²) in [5, 5.41) is 9.00. The van der Waals surface area contributed by atoms with Gasteiger partial charge in [-0.25, -0.2) is 4.98 Å². The molecule has 2 fully saturated rings. The molecule has 1 aromatic rings. The molecule has 6 nitrogen and oxygen atoms in total. The van der Waals surface area contributed by atoms with Gasteiger partial charge in [0, 0.05) is 46.4 Å². The molecule has 2 saturated heterocycles. The van der Waals surface area contributed by atoms with Crippen LogP contribution in [0.25, 0.3) is 0 Å². The van der Waals surface area contributed by atoms with Gasteiger partial charge >= 0.3 is 0 Å². The molecular weight excluding hydrogens is 314 g/mol. The minimum atomic E-state index is 0.500. The topological polar surface area (TPSA) is 55.6 Å². The van der Waals surface area contributed by atoms with Crippen molar-refractivity contribution in [2.75, 3.05) is 71.0 Å². The number of hydrogen-bond donors (Lipinski definition) is 0. The summed E-state index contributed by atoms with van der Waals surface area (Å²) >= 11 is 0. The van der Waals surface area contributed by atoms with E-state index in [9.17, 15) is 0 Å². The van der Waals surface area contributed by atoms with E-state index in [0.29, 0.717) is 5.69 Å². The third kappa shape index (κ3) is 5.15. The zero-order valence-electron chi connectivity index (χ0n) is 15.2. The number of nitrogens with zero attached hydrogens (tertiary/aromatic N) is 5. The highest BCUT2D eigenvalue weighted by Gasteiger charge is 2.24.